The van der Waals surface area contributed by atoms with E-state index < -0.39 is 0 Å². The Bertz CT molecular complexity index is 326. The number of hydrogen-bond acceptors (Lipinski definition) is 0. The van der Waals surface area contributed by atoms with Crippen LogP contribution in [-0.2, 0) is 25.8 Å². The van der Waals surface area contributed by atoms with Crippen molar-refractivity contribution in [3.05, 3.63) is 41.5 Å². The zero-order valence-corrected chi connectivity index (χ0v) is 12.3. The topological polar surface area (TPSA) is 0 Å². The Kier molecular flexibility index (Phi) is 4.31. The molecule has 0 heterocycles. The number of hydrogen-bond donors (Lipinski definition) is 0. The van der Waals surface area contributed by atoms with Crippen LogP contribution in [0.25, 0.3) is 6.08 Å². The van der Waals surface area contributed by atoms with Gasteiger partial charge in [-0.1, -0.05) is 44.4 Å². The molecule has 14 heavy (non-hydrogen) atoms. The van der Waals surface area contributed by atoms with Gasteiger partial charge >= 0.3 is 0 Å². The Morgan fingerprint density at radius 3 is 2.71 bits per heavy atom. The summed E-state index contributed by atoms with van der Waals surface area (Å²) in [6.07, 6.45) is 6.77. The van der Waals surface area contributed by atoms with Crippen LogP contribution < -0.4 is 0 Å². The molecule has 0 nitrogen and oxygen atoms in total. The molecule has 1 unspecified atom stereocenters. The molecule has 1 aromatic carbocycles. The summed E-state index contributed by atoms with van der Waals surface area (Å²) in [5, 5.41) is 0. The van der Waals surface area contributed by atoms with Crippen LogP contribution >= 0.6 is 0 Å². The summed E-state index contributed by atoms with van der Waals surface area (Å²) in [6, 6.07) is 8.60. The fourth-order valence-corrected chi connectivity index (χ4v) is 1.91. The van der Waals surface area contributed by atoms with E-state index in [-0.39, 0.29) is 25.8 Å². The van der Waals surface area contributed by atoms with Gasteiger partial charge in [-0.05, 0) is 5.92 Å². The maximum atomic E-state index is 3.43. The molecule has 72 valence electrons. The molecule has 0 bridgehead atoms. The molecule has 0 amide bonds. The molecule has 0 aliphatic heterocycles. The molecular weight excluding hydrogens is 335 g/mol. The summed E-state index contributed by atoms with van der Waals surface area (Å²) >= 11 is 0. The molecule has 1 heteroatoms. The average Bonchev–Trinajstić information content (AvgIpc) is 2.48. The van der Waals surface area contributed by atoms with E-state index in [0.717, 1.165) is 5.92 Å². The Balaban J connectivity index is 0.000000980. The van der Waals surface area contributed by atoms with Crippen molar-refractivity contribution in [3.8, 4) is 0 Å². The van der Waals surface area contributed by atoms with Gasteiger partial charge in [0.1, 0.15) is 0 Å². The van der Waals surface area contributed by atoms with E-state index in [1.54, 1.807) is 0 Å². The first kappa shape index (κ1) is 11.9. The number of allylic oxidation sites excluding steroid dienone is 1. The molecule has 0 N–H and O–H groups in total. The fourth-order valence-electron chi connectivity index (χ4n) is 1.91. The Hall–Kier alpha value is -0.170. The molecule has 0 radical (unpaired) electrons. The van der Waals surface area contributed by atoms with Crippen LogP contribution in [0.1, 0.15) is 37.3 Å². The molecule has 1 aliphatic carbocycles. The number of benzene rings is 1. The van der Waals surface area contributed by atoms with Gasteiger partial charge in [0.25, 0.3) is 0 Å². The van der Waals surface area contributed by atoms with E-state index in [0.29, 0.717) is 5.92 Å². The number of rotatable bonds is 2. The molecule has 1 aromatic rings. The average molecular weight is 350 g/mol. The zero-order valence-electron chi connectivity index (χ0n) is 8.75. The van der Waals surface area contributed by atoms with Gasteiger partial charge in [0.05, 0.1) is 0 Å². The van der Waals surface area contributed by atoms with Gasteiger partial charge in [-0.25, -0.2) is 6.08 Å². The van der Waals surface area contributed by atoms with Crippen molar-refractivity contribution >= 4 is 6.08 Å². The summed E-state index contributed by atoms with van der Waals surface area (Å²) < 4.78 is 0. The van der Waals surface area contributed by atoms with Crippen LogP contribution in [0.2, 0.25) is 0 Å². The van der Waals surface area contributed by atoms with E-state index in [1.807, 2.05) is 0 Å². The van der Waals surface area contributed by atoms with Gasteiger partial charge in [-0.15, -0.1) is 11.6 Å². The van der Waals surface area contributed by atoms with E-state index in [9.17, 15) is 0 Å². The first-order chi connectivity index (χ1) is 6.27. The largest absolute Gasteiger partial charge is 0.268 e. The van der Waals surface area contributed by atoms with Gasteiger partial charge in [-0.2, -0.15) is 5.56 Å². The zero-order chi connectivity index (χ0) is 9.26. The first-order valence-corrected chi connectivity index (χ1v) is 4.95. The second kappa shape index (κ2) is 5.06. The van der Waals surface area contributed by atoms with Crippen LogP contribution in [-0.4, -0.2) is 0 Å². The molecule has 0 fully saturated rings. The molecule has 0 aromatic heterocycles. The summed E-state index contributed by atoms with van der Waals surface area (Å²) in [4.78, 5) is 0. The maximum absolute atomic E-state index is 3.43. The van der Waals surface area contributed by atoms with Crippen molar-refractivity contribution in [2.75, 3.05) is 0 Å². The second-order valence-corrected chi connectivity index (χ2v) is 4.12. The molecule has 0 spiro atoms. The van der Waals surface area contributed by atoms with Gasteiger partial charge in [0.2, 0.25) is 0 Å². The minimum absolute atomic E-state index is 0. The Labute approximate surface area is 105 Å². The minimum atomic E-state index is 0. The third kappa shape index (κ3) is 2.44. The van der Waals surface area contributed by atoms with Crippen LogP contribution in [0, 0.1) is 12.0 Å². The third-order valence-electron chi connectivity index (χ3n) is 2.52. The Morgan fingerprint density at radius 1 is 1.29 bits per heavy atom. The van der Waals surface area contributed by atoms with Crippen LogP contribution in [0.5, 0.6) is 0 Å². The summed E-state index contributed by atoms with van der Waals surface area (Å²) in [5.74, 6) is 1.29. The predicted octanol–water partition coefficient (Wildman–Crippen LogP) is 3.64. The number of fused-ring (bicyclic) bond motifs is 1. The summed E-state index contributed by atoms with van der Waals surface area (Å²) in [5.41, 5.74) is 2.81. The molecule has 2 rings (SSSR count). The quantitative estimate of drug-likeness (QED) is 0.565. The predicted molar refractivity (Wildman–Crippen MR) is 56.3 cm³/mol. The van der Waals surface area contributed by atoms with Gasteiger partial charge in [0, 0.05) is 25.8 Å². The maximum Gasteiger partial charge on any atom is 0 e. The smallest absolute Gasteiger partial charge is 0 e. The van der Waals surface area contributed by atoms with Crippen molar-refractivity contribution in [1.82, 2.24) is 0 Å². The van der Waals surface area contributed by atoms with E-state index in [4.69, 9.17) is 0 Å². The SMILES string of the molecule is CC(C)CC1[C-]=Cc2ccccc21.[Hf]. The molecule has 0 saturated heterocycles. The Morgan fingerprint density at radius 2 is 2.00 bits per heavy atom. The van der Waals surface area contributed by atoms with Gasteiger partial charge in [-0.3, -0.25) is 6.08 Å². The van der Waals surface area contributed by atoms with Crippen molar-refractivity contribution in [2.45, 2.75) is 26.2 Å². The van der Waals surface area contributed by atoms with Crippen molar-refractivity contribution in [1.29, 1.82) is 0 Å². The van der Waals surface area contributed by atoms with E-state index >= 15 is 0 Å². The minimum Gasteiger partial charge on any atom is -0.268 e. The molecule has 0 saturated carbocycles. The van der Waals surface area contributed by atoms with Crippen molar-refractivity contribution < 1.29 is 25.8 Å². The fraction of sp³-hybridized carbons (Fsp3) is 0.385. The van der Waals surface area contributed by atoms with Gasteiger partial charge in [0.15, 0.2) is 0 Å². The third-order valence-corrected chi connectivity index (χ3v) is 2.52. The second-order valence-electron chi connectivity index (χ2n) is 4.12. The van der Waals surface area contributed by atoms with Crippen LogP contribution in [0.4, 0.5) is 0 Å². The summed E-state index contributed by atoms with van der Waals surface area (Å²) in [6.45, 7) is 4.53. The first-order valence-electron chi connectivity index (χ1n) is 4.95. The summed E-state index contributed by atoms with van der Waals surface area (Å²) in [7, 11) is 0. The van der Waals surface area contributed by atoms with Crippen molar-refractivity contribution in [3.63, 3.8) is 0 Å². The molecule has 1 aliphatic rings. The van der Waals surface area contributed by atoms with Crippen LogP contribution in [0.3, 0.4) is 0 Å². The molecular formula is C13H15Hf-. The van der Waals surface area contributed by atoms with Gasteiger partial charge < -0.3 is 0 Å². The van der Waals surface area contributed by atoms with E-state index in [1.165, 1.54) is 17.5 Å². The van der Waals surface area contributed by atoms with Crippen LogP contribution in [0.15, 0.2) is 24.3 Å². The molecule has 1 atom stereocenters. The standard InChI is InChI=1S/C13H15.Hf/c1-10(2)9-12-8-7-11-5-3-4-6-13(11)12;/h3-7,10,12H,9H2,1-2H3;/q-1;. The monoisotopic (exact) mass is 351 g/mol. The van der Waals surface area contributed by atoms with E-state index in [2.05, 4.69) is 50.3 Å². The normalized spacial score (nSPS) is 18.1. The van der Waals surface area contributed by atoms with Crippen molar-refractivity contribution in [2.24, 2.45) is 5.92 Å².